The molecular weight excluding hydrogens is 258 g/mol. The van der Waals surface area contributed by atoms with Gasteiger partial charge in [0, 0.05) is 12.7 Å². The highest BCUT2D eigenvalue weighted by Gasteiger charge is 2.02. The third kappa shape index (κ3) is 3.61. The van der Waals surface area contributed by atoms with Crippen LogP contribution in [0.1, 0.15) is 30.9 Å². The van der Waals surface area contributed by atoms with Crippen molar-refractivity contribution in [3.05, 3.63) is 52.7 Å². The Morgan fingerprint density at radius 1 is 1.26 bits per heavy atom. The molecule has 4 heteroatoms. The van der Waals surface area contributed by atoms with E-state index >= 15 is 0 Å². The highest BCUT2D eigenvalue weighted by Crippen LogP contribution is 2.20. The Kier molecular flexibility index (Phi) is 4.27. The summed E-state index contributed by atoms with van der Waals surface area (Å²) >= 11 is 5.81. The summed E-state index contributed by atoms with van der Waals surface area (Å²) in [5.41, 5.74) is 8.94. The van der Waals surface area contributed by atoms with Crippen LogP contribution in [0.3, 0.4) is 0 Å². The second-order valence-corrected chi connectivity index (χ2v) is 5.28. The summed E-state index contributed by atoms with van der Waals surface area (Å²) in [4.78, 5) is 4.17. The van der Waals surface area contributed by atoms with Crippen molar-refractivity contribution in [1.82, 2.24) is 4.98 Å². The predicted octanol–water partition coefficient (Wildman–Crippen LogP) is 4.05. The van der Waals surface area contributed by atoms with E-state index in [0.29, 0.717) is 29.0 Å². The predicted molar refractivity (Wildman–Crippen MR) is 81.5 cm³/mol. The van der Waals surface area contributed by atoms with Gasteiger partial charge in [0.1, 0.15) is 5.82 Å². The zero-order valence-electron chi connectivity index (χ0n) is 11.2. The van der Waals surface area contributed by atoms with Crippen molar-refractivity contribution >= 4 is 23.1 Å². The largest absolute Gasteiger partial charge is 0.396 e. The van der Waals surface area contributed by atoms with Gasteiger partial charge >= 0.3 is 0 Å². The number of benzene rings is 1. The molecule has 1 aromatic carbocycles. The van der Waals surface area contributed by atoms with Gasteiger partial charge in [-0.3, -0.25) is 0 Å². The van der Waals surface area contributed by atoms with Gasteiger partial charge < -0.3 is 11.1 Å². The van der Waals surface area contributed by atoms with Crippen molar-refractivity contribution in [3.8, 4) is 0 Å². The van der Waals surface area contributed by atoms with Crippen molar-refractivity contribution in [2.45, 2.75) is 26.3 Å². The zero-order chi connectivity index (χ0) is 13.8. The molecule has 0 fully saturated rings. The van der Waals surface area contributed by atoms with Gasteiger partial charge in [0.05, 0.1) is 10.7 Å². The maximum absolute atomic E-state index is 5.84. The van der Waals surface area contributed by atoms with Crippen LogP contribution in [0.4, 0.5) is 11.5 Å². The van der Waals surface area contributed by atoms with E-state index in [4.69, 9.17) is 17.3 Å². The molecule has 19 heavy (non-hydrogen) atoms. The molecule has 0 aliphatic rings. The maximum Gasteiger partial charge on any atom is 0.149 e. The lowest BCUT2D eigenvalue weighted by atomic mass is 10.0. The van der Waals surface area contributed by atoms with E-state index in [9.17, 15) is 0 Å². The van der Waals surface area contributed by atoms with Crippen molar-refractivity contribution in [2.75, 3.05) is 11.1 Å². The number of nitrogens with zero attached hydrogens (tertiary/aromatic N) is 1. The topological polar surface area (TPSA) is 50.9 Å². The average molecular weight is 276 g/mol. The van der Waals surface area contributed by atoms with Crippen LogP contribution < -0.4 is 11.1 Å². The Labute approximate surface area is 118 Å². The van der Waals surface area contributed by atoms with Gasteiger partial charge in [0.15, 0.2) is 0 Å². The van der Waals surface area contributed by atoms with Gasteiger partial charge in [0.25, 0.3) is 0 Å². The van der Waals surface area contributed by atoms with Crippen LogP contribution >= 0.6 is 11.6 Å². The van der Waals surface area contributed by atoms with Crippen LogP contribution in [0.15, 0.2) is 36.5 Å². The number of nitrogens with two attached hydrogens (primary N) is 1. The van der Waals surface area contributed by atoms with Crippen LogP contribution in [0.2, 0.25) is 5.02 Å². The maximum atomic E-state index is 5.84. The molecule has 1 aromatic heterocycles. The second-order valence-electron chi connectivity index (χ2n) is 4.84. The van der Waals surface area contributed by atoms with E-state index in [-0.39, 0.29) is 0 Å². The summed E-state index contributed by atoms with van der Waals surface area (Å²) in [5.74, 6) is 1.22. The fourth-order valence-electron chi connectivity index (χ4n) is 1.81. The van der Waals surface area contributed by atoms with E-state index in [1.165, 1.54) is 11.1 Å². The van der Waals surface area contributed by atoms with Crippen molar-refractivity contribution in [1.29, 1.82) is 0 Å². The Hall–Kier alpha value is -1.74. The minimum absolute atomic E-state index is 0.546. The third-order valence-electron chi connectivity index (χ3n) is 2.99. The molecule has 0 bridgehead atoms. The van der Waals surface area contributed by atoms with E-state index in [2.05, 4.69) is 48.4 Å². The Morgan fingerprint density at radius 3 is 2.53 bits per heavy atom. The normalized spacial score (nSPS) is 10.7. The first-order valence-corrected chi connectivity index (χ1v) is 6.68. The second kappa shape index (κ2) is 5.93. The molecule has 3 nitrogen and oxygen atoms in total. The molecule has 0 saturated heterocycles. The van der Waals surface area contributed by atoms with Crippen LogP contribution in [-0.4, -0.2) is 4.98 Å². The number of nitrogen functional groups attached to an aromatic ring is 1. The minimum Gasteiger partial charge on any atom is -0.396 e. The average Bonchev–Trinajstić information content (AvgIpc) is 2.38. The Morgan fingerprint density at radius 2 is 1.95 bits per heavy atom. The summed E-state index contributed by atoms with van der Waals surface area (Å²) in [6.07, 6.45) is 1.59. The molecule has 0 saturated carbocycles. The van der Waals surface area contributed by atoms with Gasteiger partial charge in [-0.1, -0.05) is 49.7 Å². The van der Waals surface area contributed by atoms with E-state index in [1.54, 1.807) is 12.3 Å². The van der Waals surface area contributed by atoms with Gasteiger partial charge in [0.2, 0.25) is 0 Å². The van der Waals surface area contributed by atoms with Gasteiger partial charge in [-0.05, 0) is 23.1 Å². The number of hydrogen-bond donors (Lipinski definition) is 2. The van der Waals surface area contributed by atoms with Gasteiger partial charge in [-0.2, -0.15) is 0 Å². The molecule has 0 unspecified atom stereocenters. The van der Waals surface area contributed by atoms with Crippen molar-refractivity contribution in [2.24, 2.45) is 0 Å². The molecule has 1 heterocycles. The highest BCUT2D eigenvalue weighted by atomic mass is 35.5. The number of aromatic nitrogens is 1. The quantitative estimate of drug-likeness (QED) is 0.885. The van der Waals surface area contributed by atoms with E-state index < -0.39 is 0 Å². The SMILES string of the molecule is CC(C)c1ccc(CNc2ncc(Cl)cc2N)cc1. The Bertz CT molecular complexity index is 550. The molecule has 100 valence electrons. The fourth-order valence-corrected chi connectivity index (χ4v) is 1.98. The molecule has 0 radical (unpaired) electrons. The third-order valence-corrected chi connectivity index (χ3v) is 3.20. The van der Waals surface area contributed by atoms with Crippen molar-refractivity contribution in [3.63, 3.8) is 0 Å². The molecule has 2 rings (SSSR count). The van der Waals surface area contributed by atoms with Crippen LogP contribution in [0.25, 0.3) is 0 Å². The van der Waals surface area contributed by atoms with Crippen molar-refractivity contribution < 1.29 is 0 Å². The van der Waals surface area contributed by atoms with Crippen LogP contribution in [0, 0.1) is 0 Å². The molecular formula is C15H18ClN3. The standard InChI is InChI=1S/C15H18ClN3/c1-10(2)12-5-3-11(4-6-12)8-18-15-14(17)7-13(16)9-19-15/h3-7,9-10H,8,17H2,1-2H3,(H,18,19). The zero-order valence-corrected chi connectivity index (χ0v) is 11.9. The first-order chi connectivity index (χ1) is 9.06. The first-order valence-electron chi connectivity index (χ1n) is 6.30. The molecule has 0 spiro atoms. The number of nitrogens with one attached hydrogen (secondary N) is 1. The highest BCUT2D eigenvalue weighted by molar-refractivity contribution is 6.30. The van der Waals surface area contributed by atoms with E-state index in [1.807, 2.05) is 0 Å². The molecule has 0 atom stereocenters. The lowest BCUT2D eigenvalue weighted by Gasteiger charge is -2.10. The molecule has 2 aromatic rings. The minimum atomic E-state index is 0.546. The molecule has 0 amide bonds. The van der Waals surface area contributed by atoms with Crippen LogP contribution in [0.5, 0.6) is 0 Å². The number of anilines is 2. The summed E-state index contributed by atoms with van der Waals surface area (Å²) in [6.45, 7) is 5.06. The van der Waals surface area contributed by atoms with Gasteiger partial charge in [-0.15, -0.1) is 0 Å². The fraction of sp³-hybridized carbons (Fsp3) is 0.267. The summed E-state index contributed by atoms with van der Waals surface area (Å²) in [6, 6.07) is 10.2. The lowest BCUT2D eigenvalue weighted by molar-refractivity contribution is 0.865. The van der Waals surface area contributed by atoms with Gasteiger partial charge in [-0.25, -0.2) is 4.98 Å². The Balaban J connectivity index is 2.02. The summed E-state index contributed by atoms with van der Waals surface area (Å²) < 4.78 is 0. The smallest absolute Gasteiger partial charge is 0.149 e. The number of hydrogen-bond acceptors (Lipinski definition) is 3. The van der Waals surface area contributed by atoms with Crippen LogP contribution in [-0.2, 0) is 6.54 Å². The molecule has 0 aliphatic carbocycles. The monoisotopic (exact) mass is 275 g/mol. The molecule has 0 aliphatic heterocycles. The number of halogens is 1. The van der Waals surface area contributed by atoms with E-state index in [0.717, 1.165) is 0 Å². The molecule has 3 N–H and O–H groups in total. The first kappa shape index (κ1) is 13.7. The summed E-state index contributed by atoms with van der Waals surface area (Å²) in [5, 5.41) is 3.76. The lowest BCUT2D eigenvalue weighted by Crippen LogP contribution is -2.04. The number of pyridine rings is 1. The number of rotatable bonds is 4. The summed E-state index contributed by atoms with van der Waals surface area (Å²) in [7, 11) is 0.